The number of nitrogens with one attached hydrogen (secondary N) is 1. The topological polar surface area (TPSA) is 109 Å². The number of nitrogens with zero attached hydrogens (tertiary/aromatic N) is 4. The molecule has 2 aliphatic rings. The summed E-state index contributed by atoms with van der Waals surface area (Å²) in [5, 5.41) is 14.0. The van der Waals surface area contributed by atoms with Crippen LogP contribution in [-0.4, -0.2) is 44.7 Å². The molecule has 3 aromatic rings. The number of aromatic nitrogens is 1. The Morgan fingerprint density at radius 2 is 1.65 bits per heavy atom. The Balaban J connectivity index is 1.26. The van der Waals surface area contributed by atoms with Crippen LogP contribution < -0.4 is 5.32 Å². The number of nitro benzene ring substituents is 1. The molecule has 0 spiro atoms. The average Bonchev–Trinajstić information content (AvgIpc) is 3.34. The minimum atomic E-state index is -0.453. The fraction of sp³-hybridized carbons (Fsp3) is 0.321. The van der Waals surface area contributed by atoms with E-state index in [0.717, 1.165) is 11.4 Å². The average molecular weight is 500 g/mol. The van der Waals surface area contributed by atoms with Gasteiger partial charge in [0.1, 0.15) is 0 Å². The van der Waals surface area contributed by atoms with Crippen molar-refractivity contribution in [3.05, 3.63) is 98.4 Å². The number of piperidine rings is 1. The van der Waals surface area contributed by atoms with Crippen molar-refractivity contribution >= 4 is 23.3 Å². The molecule has 9 heteroatoms. The summed E-state index contributed by atoms with van der Waals surface area (Å²) in [5.74, 6) is 0.0492. The van der Waals surface area contributed by atoms with Gasteiger partial charge in [0, 0.05) is 55.1 Å². The minimum Gasteiger partial charge on any atom is -0.330 e. The van der Waals surface area contributed by atoms with Crippen LogP contribution in [0.15, 0.2) is 54.6 Å². The third-order valence-electron chi connectivity index (χ3n) is 7.25. The normalized spacial score (nSPS) is 15.4. The van der Waals surface area contributed by atoms with Gasteiger partial charge in [-0.15, -0.1) is 0 Å². The lowest BCUT2D eigenvalue weighted by molar-refractivity contribution is -0.385. The van der Waals surface area contributed by atoms with Crippen molar-refractivity contribution in [2.24, 2.45) is 0 Å². The SMILES string of the molecule is Cc1ccc(C(=O)N2Cc3ccccc3C2)c(C2CCN(C(=O)Nc3ccc(C)c([N+](=O)[O-])c3)CC2)n1. The van der Waals surface area contributed by atoms with E-state index in [2.05, 4.69) is 17.4 Å². The third kappa shape index (κ3) is 5.02. The van der Waals surface area contributed by atoms with E-state index in [9.17, 15) is 19.7 Å². The molecule has 0 aliphatic carbocycles. The fourth-order valence-corrected chi connectivity index (χ4v) is 5.16. The number of anilines is 1. The zero-order chi connectivity index (χ0) is 26.1. The van der Waals surface area contributed by atoms with E-state index in [4.69, 9.17) is 4.98 Å². The fourth-order valence-electron chi connectivity index (χ4n) is 5.16. The van der Waals surface area contributed by atoms with E-state index >= 15 is 0 Å². The molecule has 0 bridgehead atoms. The van der Waals surface area contributed by atoms with E-state index in [1.165, 1.54) is 17.2 Å². The van der Waals surface area contributed by atoms with Crippen molar-refractivity contribution in [2.45, 2.75) is 45.7 Å². The lowest BCUT2D eigenvalue weighted by atomic mass is 9.89. The van der Waals surface area contributed by atoms with E-state index < -0.39 is 4.92 Å². The molecule has 1 fully saturated rings. The Bertz CT molecular complexity index is 1360. The van der Waals surface area contributed by atoms with Gasteiger partial charge >= 0.3 is 6.03 Å². The predicted molar refractivity (Wildman–Crippen MR) is 139 cm³/mol. The molecule has 1 saturated heterocycles. The number of nitro groups is 1. The van der Waals surface area contributed by atoms with Gasteiger partial charge in [-0.3, -0.25) is 19.9 Å². The van der Waals surface area contributed by atoms with Crippen LogP contribution in [0.2, 0.25) is 0 Å². The zero-order valence-electron chi connectivity index (χ0n) is 20.9. The highest BCUT2D eigenvalue weighted by atomic mass is 16.6. The molecule has 3 heterocycles. The summed E-state index contributed by atoms with van der Waals surface area (Å²) in [7, 11) is 0. The highest BCUT2D eigenvalue weighted by molar-refractivity contribution is 5.96. The molecule has 37 heavy (non-hydrogen) atoms. The maximum Gasteiger partial charge on any atom is 0.321 e. The molecule has 1 aromatic heterocycles. The molecule has 0 unspecified atom stereocenters. The highest BCUT2D eigenvalue weighted by Gasteiger charge is 2.31. The van der Waals surface area contributed by atoms with Gasteiger partial charge in [0.05, 0.1) is 16.2 Å². The Labute approximate surface area is 215 Å². The maximum absolute atomic E-state index is 13.5. The summed E-state index contributed by atoms with van der Waals surface area (Å²) in [6, 6.07) is 16.3. The molecule has 0 radical (unpaired) electrons. The Morgan fingerprint density at radius 3 is 2.30 bits per heavy atom. The van der Waals surface area contributed by atoms with Crippen molar-refractivity contribution < 1.29 is 14.5 Å². The van der Waals surface area contributed by atoms with Gasteiger partial charge < -0.3 is 15.1 Å². The molecule has 2 aliphatic heterocycles. The third-order valence-corrected chi connectivity index (χ3v) is 7.25. The standard InChI is InChI=1S/C28H29N5O4/c1-18-7-9-23(15-25(18)33(36)37)30-28(35)31-13-11-20(12-14-31)26-24(10-8-19(2)29-26)27(34)32-16-21-5-3-4-6-22(21)17-32/h3-10,15,20H,11-14,16-17H2,1-2H3,(H,30,35). The number of carbonyl (C=O) groups is 2. The van der Waals surface area contributed by atoms with Crippen LogP contribution >= 0.6 is 0 Å². The molecule has 0 saturated carbocycles. The number of benzene rings is 2. The quantitative estimate of drug-likeness (QED) is 0.393. The van der Waals surface area contributed by atoms with Crippen LogP contribution in [0.1, 0.15) is 57.2 Å². The van der Waals surface area contributed by atoms with Crippen LogP contribution in [0.3, 0.4) is 0 Å². The Morgan fingerprint density at radius 1 is 0.973 bits per heavy atom. The van der Waals surface area contributed by atoms with Gasteiger partial charge in [-0.05, 0) is 56.0 Å². The van der Waals surface area contributed by atoms with E-state index in [1.807, 2.05) is 36.1 Å². The van der Waals surface area contributed by atoms with Crippen LogP contribution in [0.5, 0.6) is 0 Å². The summed E-state index contributed by atoms with van der Waals surface area (Å²) < 4.78 is 0. The molecule has 9 nitrogen and oxygen atoms in total. The van der Waals surface area contributed by atoms with Crippen molar-refractivity contribution in [1.29, 1.82) is 0 Å². The van der Waals surface area contributed by atoms with Crippen molar-refractivity contribution in [1.82, 2.24) is 14.8 Å². The van der Waals surface area contributed by atoms with Crippen LogP contribution in [0, 0.1) is 24.0 Å². The van der Waals surface area contributed by atoms with E-state index in [1.54, 1.807) is 24.0 Å². The molecular weight excluding hydrogens is 470 g/mol. The van der Waals surface area contributed by atoms with Crippen LogP contribution in [-0.2, 0) is 13.1 Å². The largest absolute Gasteiger partial charge is 0.330 e. The van der Waals surface area contributed by atoms with Gasteiger partial charge in [-0.25, -0.2) is 4.79 Å². The molecular formula is C28H29N5O4. The zero-order valence-corrected chi connectivity index (χ0v) is 20.9. The monoisotopic (exact) mass is 499 g/mol. The van der Waals surface area contributed by atoms with Gasteiger partial charge in [0.15, 0.2) is 0 Å². The maximum atomic E-state index is 13.5. The summed E-state index contributed by atoms with van der Waals surface area (Å²) in [6.07, 6.45) is 1.36. The number of carbonyl (C=O) groups excluding carboxylic acids is 2. The first-order chi connectivity index (χ1) is 17.8. The van der Waals surface area contributed by atoms with Crippen LogP contribution in [0.4, 0.5) is 16.2 Å². The second-order valence-electron chi connectivity index (χ2n) is 9.77. The first-order valence-corrected chi connectivity index (χ1v) is 12.4. The number of aryl methyl sites for hydroxylation is 2. The van der Waals surface area contributed by atoms with Gasteiger partial charge in [0.25, 0.3) is 11.6 Å². The number of likely N-dealkylation sites (tertiary alicyclic amines) is 1. The summed E-state index contributed by atoms with van der Waals surface area (Å²) in [5.41, 5.74) is 5.55. The smallest absolute Gasteiger partial charge is 0.321 e. The Hall–Kier alpha value is -4.27. The first kappa shape index (κ1) is 24.4. The first-order valence-electron chi connectivity index (χ1n) is 12.4. The summed E-state index contributed by atoms with van der Waals surface area (Å²) in [4.78, 5) is 45.5. The number of hydrogen-bond donors (Lipinski definition) is 1. The molecule has 190 valence electrons. The number of amides is 3. The van der Waals surface area contributed by atoms with Crippen molar-refractivity contribution in [2.75, 3.05) is 18.4 Å². The molecule has 5 rings (SSSR count). The lowest BCUT2D eigenvalue weighted by Gasteiger charge is -2.32. The van der Waals surface area contributed by atoms with Crippen LogP contribution in [0.25, 0.3) is 0 Å². The number of urea groups is 1. The molecule has 3 amide bonds. The predicted octanol–water partition coefficient (Wildman–Crippen LogP) is 5.17. The number of rotatable bonds is 4. The van der Waals surface area contributed by atoms with Gasteiger partial charge in [-0.1, -0.05) is 30.3 Å². The van der Waals surface area contributed by atoms with Crippen molar-refractivity contribution in [3.8, 4) is 0 Å². The second-order valence-corrected chi connectivity index (χ2v) is 9.77. The second kappa shape index (κ2) is 10.0. The Kier molecular flexibility index (Phi) is 6.60. The summed E-state index contributed by atoms with van der Waals surface area (Å²) >= 11 is 0. The number of pyridine rings is 1. The van der Waals surface area contributed by atoms with Gasteiger partial charge in [-0.2, -0.15) is 0 Å². The number of hydrogen-bond acceptors (Lipinski definition) is 5. The highest BCUT2D eigenvalue weighted by Crippen LogP contribution is 2.32. The molecule has 1 N–H and O–H groups in total. The van der Waals surface area contributed by atoms with Gasteiger partial charge in [0.2, 0.25) is 0 Å². The lowest BCUT2D eigenvalue weighted by Crippen LogP contribution is -2.41. The number of fused-ring (bicyclic) bond motifs is 1. The van der Waals surface area contributed by atoms with E-state index in [-0.39, 0.29) is 23.5 Å². The summed E-state index contributed by atoms with van der Waals surface area (Å²) in [6.45, 7) is 5.78. The van der Waals surface area contributed by atoms with E-state index in [0.29, 0.717) is 55.8 Å². The van der Waals surface area contributed by atoms with Crippen molar-refractivity contribution in [3.63, 3.8) is 0 Å². The molecule has 0 atom stereocenters. The minimum absolute atomic E-state index is 0.0140. The molecule has 2 aromatic carbocycles.